The Morgan fingerprint density at radius 2 is 1.64 bits per heavy atom. The molecule has 4 atom stereocenters. The number of aliphatic hydroxyl groups excluding tert-OH is 2. The molecule has 1 aromatic carbocycles. The molecule has 6 nitrogen and oxygen atoms in total. The largest absolute Gasteiger partial charge is 0.394 e. The van der Waals surface area contributed by atoms with Crippen molar-refractivity contribution in [1.29, 1.82) is 0 Å². The molecule has 0 amide bonds. The zero-order chi connectivity index (χ0) is 17.8. The molecule has 0 spiro atoms. The van der Waals surface area contributed by atoms with Crippen LogP contribution < -0.4 is 10.2 Å². The Bertz CT molecular complexity index is 534. The normalized spacial score (nSPS) is 27.7. The van der Waals surface area contributed by atoms with Gasteiger partial charge in [-0.15, -0.1) is 37.2 Å². The van der Waals surface area contributed by atoms with Crippen LogP contribution in [0.4, 0.5) is 5.69 Å². The smallest absolute Gasteiger partial charge is 0.109 e. The number of hydrogen-bond acceptors (Lipinski definition) is 6. The maximum Gasteiger partial charge on any atom is 0.109 e. The Balaban J connectivity index is 0.00000243. The number of ether oxygens (including phenoxy) is 1. The lowest BCUT2D eigenvalue weighted by molar-refractivity contribution is -0.0216. The van der Waals surface area contributed by atoms with E-state index >= 15 is 0 Å². The Kier molecular flexibility index (Phi) is 12.9. The van der Waals surface area contributed by atoms with Crippen molar-refractivity contribution in [3.63, 3.8) is 0 Å². The molecule has 2 fully saturated rings. The molecule has 0 radical (unpaired) electrons. The number of nitrogens with zero attached hydrogens (tertiary/aromatic N) is 2. The lowest BCUT2D eigenvalue weighted by atomic mass is 10.0. The van der Waals surface area contributed by atoms with E-state index in [0.29, 0.717) is 12.6 Å². The van der Waals surface area contributed by atoms with Crippen LogP contribution in [0.3, 0.4) is 0 Å². The zero-order valence-electron chi connectivity index (χ0n) is 16.4. The van der Waals surface area contributed by atoms with E-state index in [9.17, 15) is 10.2 Å². The fourth-order valence-electron chi connectivity index (χ4n) is 3.87. The van der Waals surface area contributed by atoms with Gasteiger partial charge in [-0.3, -0.25) is 4.90 Å². The molecule has 2 saturated heterocycles. The molecule has 28 heavy (non-hydrogen) atoms. The number of nitrogens with one attached hydrogen (secondary N) is 1. The van der Waals surface area contributed by atoms with Gasteiger partial charge in [-0.25, -0.2) is 0 Å². The van der Waals surface area contributed by atoms with Crippen LogP contribution >= 0.6 is 37.2 Å². The summed E-state index contributed by atoms with van der Waals surface area (Å²) in [5.41, 5.74) is 1.25. The lowest BCUT2D eigenvalue weighted by Crippen LogP contribution is -2.57. The summed E-state index contributed by atoms with van der Waals surface area (Å²) in [7, 11) is 0. The molecule has 2 aliphatic rings. The number of piperazine rings is 1. The number of benzene rings is 1. The molecule has 0 saturated carbocycles. The number of hydrogen-bond donors (Lipinski definition) is 3. The predicted molar refractivity (Wildman–Crippen MR) is 121 cm³/mol. The van der Waals surface area contributed by atoms with Crippen LogP contribution in [0.1, 0.15) is 13.8 Å². The number of halogens is 3. The van der Waals surface area contributed by atoms with Gasteiger partial charge in [-0.2, -0.15) is 0 Å². The Morgan fingerprint density at radius 3 is 2.18 bits per heavy atom. The summed E-state index contributed by atoms with van der Waals surface area (Å²) in [6.45, 7) is 8.38. The third-order valence-electron chi connectivity index (χ3n) is 5.23. The van der Waals surface area contributed by atoms with Gasteiger partial charge in [-0.1, -0.05) is 32.0 Å². The first-order chi connectivity index (χ1) is 12.1. The molecule has 1 aromatic rings. The van der Waals surface area contributed by atoms with Gasteiger partial charge in [0.25, 0.3) is 0 Å². The monoisotopic (exact) mass is 457 g/mol. The molecule has 0 aromatic heterocycles. The Hall–Kier alpha value is -0.310. The molecule has 2 heterocycles. The van der Waals surface area contributed by atoms with E-state index in [1.807, 2.05) is 6.07 Å². The van der Waals surface area contributed by atoms with Crippen molar-refractivity contribution in [3.8, 4) is 0 Å². The molecule has 9 heteroatoms. The lowest BCUT2D eigenvalue weighted by Gasteiger charge is -2.41. The molecule has 3 rings (SSSR count). The SMILES string of the molecule is CC(C)NC[C@H]1O[C@@H](CO)[C@@H](O)[C@H]1N1CCN(c2ccccc2)CC1.Cl.Cl.Cl. The predicted octanol–water partition coefficient (Wildman–Crippen LogP) is 1.56. The number of aliphatic hydroxyl groups is 2. The fourth-order valence-corrected chi connectivity index (χ4v) is 3.87. The third-order valence-corrected chi connectivity index (χ3v) is 5.23. The summed E-state index contributed by atoms with van der Waals surface area (Å²) in [6.07, 6.45) is -1.24. The highest BCUT2D eigenvalue weighted by molar-refractivity contribution is 5.86. The highest BCUT2D eigenvalue weighted by atomic mass is 35.5. The van der Waals surface area contributed by atoms with Gasteiger partial charge in [0, 0.05) is 44.5 Å². The van der Waals surface area contributed by atoms with Crippen molar-refractivity contribution in [1.82, 2.24) is 10.2 Å². The molecular formula is C19H34Cl3N3O3. The topological polar surface area (TPSA) is 68.2 Å². The van der Waals surface area contributed by atoms with Crippen LogP contribution in [0.25, 0.3) is 0 Å². The minimum Gasteiger partial charge on any atom is -0.394 e. The number of anilines is 1. The van der Waals surface area contributed by atoms with Gasteiger partial charge in [-0.05, 0) is 12.1 Å². The average molecular weight is 459 g/mol. The molecule has 0 bridgehead atoms. The maximum atomic E-state index is 10.7. The van der Waals surface area contributed by atoms with Gasteiger partial charge >= 0.3 is 0 Å². The molecule has 2 aliphatic heterocycles. The summed E-state index contributed by atoms with van der Waals surface area (Å²) >= 11 is 0. The van der Waals surface area contributed by atoms with Gasteiger partial charge in [0.05, 0.1) is 18.8 Å². The highest BCUT2D eigenvalue weighted by Crippen LogP contribution is 2.27. The van der Waals surface area contributed by atoms with Gasteiger partial charge in [0.1, 0.15) is 12.2 Å². The molecule has 0 unspecified atom stereocenters. The van der Waals surface area contributed by atoms with Crippen molar-refractivity contribution >= 4 is 42.9 Å². The van der Waals surface area contributed by atoms with Crippen molar-refractivity contribution < 1.29 is 14.9 Å². The van der Waals surface area contributed by atoms with Gasteiger partial charge < -0.3 is 25.2 Å². The molecule has 0 aliphatic carbocycles. The summed E-state index contributed by atoms with van der Waals surface area (Å²) < 4.78 is 5.93. The van der Waals surface area contributed by atoms with E-state index in [0.717, 1.165) is 26.2 Å². The van der Waals surface area contributed by atoms with Crippen molar-refractivity contribution in [2.45, 2.75) is 44.2 Å². The van der Waals surface area contributed by atoms with E-state index in [4.69, 9.17) is 4.74 Å². The number of para-hydroxylation sites is 1. The van der Waals surface area contributed by atoms with E-state index in [1.54, 1.807) is 0 Å². The average Bonchev–Trinajstić information content (AvgIpc) is 2.96. The zero-order valence-corrected chi connectivity index (χ0v) is 18.9. The van der Waals surface area contributed by atoms with Crippen LogP contribution in [0.15, 0.2) is 30.3 Å². The molecule has 164 valence electrons. The second kappa shape index (κ2) is 13.1. The Labute approximate surface area is 186 Å². The van der Waals surface area contributed by atoms with Crippen molar-refractivity contribution in [2.75, 3.05) is 44.2 Å². The van der Waals surface area contributed by atoms with E-state index in [-0.39, 0.29) is 56.0 Å². The van der Waals surface area contributed by atoms with Crippen molar-refractivity contribution in [2.24, 2.45) is 0 Å². The van der Waals surface area contributed by atoms with Crippen LogP contribution in [0.5, 0.6) is 0 Å². The van der Waals surface area contributed by atoms with Crippen LogP contribution in [-0.2, 0) is 4.74 Å². The standard InChI is InChI=1S/C19H31N3O3.3ClH/c1-14(2)20-12-16-18(19(24)17(13-23)25-16)22-10-8-21(9-11-22)15-6-4-3-5-7-15;;;/h3-7,14,16-20,23-24H,8-13H2,1-2H3;3*1H/t16-,17+,18+,19-;;;/m1.../s1. The highest BCUT2D eigenvalue weighted by Gasteiger charge is 2.46. The minimum atomic E-state index is -0.646. The molecular weight excluding hydrogens is 425 g/mol. The number of rotatable bonds is 6. The minimum absolute atomic E-state index is 0. The second-order valence-corrected chi connectivity index (χ2v) is 7.30. The van der Waals surface area contributed by atoms with Crippen molar-refractivity contribution in [3.05, 3.63) is 30.3 Å². The Morgan fingerprint density at radius 1 is 1.04 bits per heavy atom. The third kappa shape index (κ3) is 6.61. The first-order valence-electron chi connectivity index (χ1n) is 9.32. The fraction of sp³-hybridized carbons (Fsp3) is 0.684. The molecule has 3 N–H and O–H groups in total. The van der Waals surface area contributed by atoms with Gasteiger partial charge in [0.15, 0.2) is 0 Å². The summed E-state index contributed by atoms with van der Waals surface area (Å²) in [6, 6.07) is 10.7. The van der Waals surface area contributed by atoms with E-state index < -0.39 is 12.2 Å². The van der Waals surface area contributed by atoms with Crippen LogP contribution in [-0.4, -0.2) is 84.8 Å². The summed E-state index contributed by atoms with van der Waals surface area (Å²) in [4.78, 5) is 4.70. The maximum absolute atomic E-state index is 10.7. The van der Waals surface area contributed by atoms with E-state index in [2.05, 4.69) is 53.2 Å². The van der Waals surface area contributed by atoms with Gasteiger partial charge in [0.2, 0.25) is 0 Å². The first kappa shape index (κ1) is 27.7. The van der Waals surface area contributed by atoms with Crippen LogP contribution in [0, 0.1) is 0 Å². The summed E-state index contributed by atoms with van der Waals surface area (Å²) in [5, 5.41) is 23.6. The van der Waals surface area contributed by atoms with Crippen LogP contribution in [0.2, 0.25) is 0 Å². The second-order valence-electron chi connectivity index (χ2n) is 7.30. The first-order valence-corrected chi connectivity index (χ1v) is 9.32. The van der Waals surface area contributed by atoms with E-state index in [1.165, 1.54) is 5.69 Å². The quantitative estimate of drug-likeness (QED) is 0.601. The summed E-state index contributed by atoms with van der Waals surface area (Å²) in [5.74, 6) is 0.